The van der Waals surface area contributed by atoms with Crippen LogP contribution in [0.25, 0.3) is 0 Å². The fraction of sp³-hybridized carbons (Fsp3) is 0.154. The highest BCUT2D eigenvalue weighted by atomic mass is 32.2. The summed E-state index contributed by atoms with van der Waals surface area (Å²) >= 11 is 0. The predicted octanol–water partition coefficient (Wildman–Crippen LogP) is 2.24. The second-order valence-electron chi connectivity index (χ2n) is 3.99. The number of hydrogen-bond donors (Lipinski definition) is 1. The Balaban J connectivity index is 2.19. The molecule has 1 heterocycles. The molecule has 0 aliphatic rings. The molecule has 2 aromatic rings. The van der Waals surface area contributed by atoms with Gasteiger partial charge in [-0.05, 0) is 30.3 Å². The van der Waals surface area contributed by atoms with Crippen LogP contribution in [0.1, 0.15) is 0 Å². The van der Waals surface area contributed by atoms with Crippen molar-refractivity contribution in [2.45, 2.75) is 4.90 Å². The van der Waals surface area contributed by atoms with Crippen molar-refractivity contribution in [1.29, 1.82) is 0 Å². The molecule has 1 aromatic carbocycles. The molecule has 1 aromatic heterocycles. The van der Waals surface area contributed by atoms with E-state index in [0.29, 0.717) is 11.7 Å². The average Bonchev–Trinajstić information content (AvgIpc) is 2.38. The highest BCUT2D eigenvalue weighted by Gasteiger charge is 2.06. The van der Waals surface area contributed by atoms with E-state index in [4.69, 9.17) is 4.74 Å². The number of pyridine rings is 1. The molecule has 0 aliphatic heterocycles. The monoisotopic (exact) mass is 278 g/mol. The van der Waals surface area contributed by atoms with Gasteiger partial charge >= 0.3 is 0 Å². The molecule has 0 saturated heterocycles. The van der Waals surface area contributed by atoms with Gasteiger partial charge in [0.05, 0.1) is 12.0 Å². The van der Waals surface area contributed by atoms with Gasteiger partial charge in [0.2, 0.25) is 5.88 Å². The Hall–Kier alpha value is -2.08. The Morgan fingerprint density at radius 1 is 1.11 bits per heavy atom. The third kappa shape index (κ3) is 3.45. The first-order valence-electron chi connectivity index (χ1n) is 5.57. The lowest BCUT2D eigenvalue weighted by molar-refractivity contribution is 0.398. The maximum Gasteiger partial charge on any atom is 0.214 e. The predicted molar refractivity (Wildman–Crippen MR) is 73.6 cm³/mol. The second-order valence-corrected chi connectivity index (χ2v) is 6.00. The number of aromatic nitrogens is 1. The van der Waals surface area contributed by atoms with Crippen LogP contribution < -0.4 is 10.1 Å². The van der Waals surface area contributed by atoms with Gasteiger partial charge in [0.1, 0.15) is 5.82 Å². The van der Waals surface area contributed by atoms with Crippen molar-refractivity contribution >= 4 is 21.3 Å². The SMILES string of the molecule is COc1cccc(Nc2ccc(S(C)(=O)=O)cc2)n1. The highest BCUT2D eigenvalue weighted by molar-refractivity contribution is 7.90. The van der Waals surface area contributed by atoms with Crippen molar-refractivity contribution in [3.8, 4) is 5.88 Å². The van der Waals surface area contributed by atoms with Crippen molar-refractivity contribution < 1.29 is 13.2 Å². The van der Waals surface area contributed by atoms with Crippen LogP contribution in [0.15, 0.2) is 47.4 Å². The molecular formula is C13H14N2O3S. The molecule has 0 fully saturated rings. The third-order valence-corrected chi connectivity index (χ3v) is 3.62. The van der Waals surface area contributed by atoms with Crippen molar-refractivity contribution in [2.75, 3.05) is 18.7 Å². The zero-order valence-electron chi connectivity index (χ0n) is 10.6. The van der Waals surface area contributed by atoms with Gasteiger partial charge in [-0.25, -0.2) is 8.42 Å². The molecule has 2 rings (SSSR count). The number of anilines is 2. The number of nitrogens with zero attached hydrogens (tertiary/aromatic N) is 1. The lowest BCUT2D eigenvalue weighted by atomic mass is 10.3. The number of benzene rings is 1. The van der Waals surface area contributed by atoms with Gasteiger partial charge in [-0.15, -0.1) is 0 Å². The molecule has 0 atom stereocenters. The minimum absolute atomic E-state index is 0.289. The number of nitrogens with one attached hydrogen (secondary N) is 1. The summed E-state index contributed by atoms with van der Waals surface area (Å²) in [5.74, 6) is 1.14. The molecule has 19 heavy (non-hydrogen) atoms. The molecule has 0 spiro atoms. The van der Waals surface area contributed by atoms with E-state index in [2.05, 4.69) is 10.3 Å². The first kappa shape index (κ1) is 13.4. The van der Waals surface area contributed by atoms with E-state index in [9.17, 15) is 8.42 Å². The van der Waals surface area contributed by atoms with Crippen LogP contribution in [-0.4, -0.2) is 26.8 Å². The Morgan fingerprint density at radius 3 is 2.37 bits per heavy atom. The molecule has 0 aliphatic carbocycles. The summed E-state index contributed by atoms with van der Waals surface area (Å²) in [5, 5.41) is 3.07. The van der Waals surface area contributed by atoms with Crippen LogP contribution in [-0.2, 0) is 9.84 Å². The molecule has 100 valence electrons. The second kappa shape index (κ2) is 5.27. The van der Waals surface area contributed by atoms with Gasteiger partial charge < -0.3 is 10.1 Å². The fourth-order valence-corrected chi connectivity index (χ4v) is 2.16. The number of ether oxygens (including phenoxy) is 1. The van der Waals surface area contributed by atoms with Gasteiger partial charge in [-0.1, -0.05) is 6.07 Å². The molecule has 6 heteroatoms. The average molecular weight is 278 g/mol. The van der Waals surface area contributed by atoms with Crippen molar-refractivity contribution in [3.63, 3.8) is 0 Å². The minimum atomic E-state index is -3.17. The standard InChI is InChI=1S/C13H14N2O3S/c1-18-13-5-3-4-12(15-13)14-10-6-8-11(9-7-10)19(2,16)17/h3-9H,1-2H3,(H,14,15). The van der Waals surface area contributed by atoms with Gasteiger partial charge in [0.15, 0.2) is 9.84 Å². The zero-order valence-corrected chi connectivity index (χ0v) is 11.4. The molecule has 0 saturated carbocycles. The smallest absolute Gasteiger partial charge is 0.214 e. The van der Waals surface area contributed by atoms with Crippen molar-refractivity contribution in [1.82, 2.24) is 4.98 Å². The van der Waals surface area contributed by atoms with E-state index in [1.807, 2.05) is 6.07 Å². The summed E-state index contributed by atoms with van der Waals surface area (Å²) in [6.45, 7) is 0. The molecule has 0 amide bonds. The summed E-state index contributed by atoms with van der Waals surface area (Å²) in [5.41, 5.74) is 0.758. The van der Waals surface area contributed by atoms with E-state index in [1.54, 1.807) is 43.5 Å². The highest BCUT2D eigenvalue weighted by Crippen LogP contribution is 2.19. The number of methoxy groups -OCH3 is 1. The Kier molecular flexibility index (Phi) is 3.71. The number of rotatable bonds is 4. The summed E-state index contributed by atoms with van der Waals surface area (Å²) in [7, 11) is -1.62. The minimum Gasteiger partial charge on any atom is -0.481 e. The molecule has 1 N–H and O–H groups in total. The summed E-state index contributed by atoms with van der Waals surface area (Å²) < 4.78 is 27.7. The normalized spacial score (nSPS) is 11.1. The van der Waals surface area contributed by atoms with E-state index in [1.165, 1.54) is 6.26 Å². The quantitative estimate of drug-likeness (QED) is 0.929. The van der Waals surface area contributed by atoms with E-state index in [-0.39, 0.29) is 4.90 Å². The van der Waals surface area contributed by atoms with Gasteiger partial charge in [-0.2, -0.15) is 4.98 Å². The summed E-state index contributed by atoms with van der Waals surface area (Å²) in [6, 6.07) is 11.9. The van der Waals surface area contributed by atoms with Crippen LogP contribution in [0.4, 0.5) is 11.5 Å². The molecule has 0 radical (unpaired) electrons. The largest absolute Gasteiger partial charge is 0.481 e. The molecule has 0 bridgehead atoms. The third-order valence-electron chi connectivity index (χ3n) is 2.49. The van der Waals surface area contributed by atoms with E-state index < -0.39 is 9.84 Å². The van der Waals surface area contributed by atoms with Crippen LogP contribution >= 0.6 is 0 Å². The van der Waals surface area contributed by atoms with Crippen LogP contribution in [0, 0.1) is 0 Å². The number of hydrogen-bond acceptors (Lipinski definition) is 5. The molecule has 5 nitrogen and oxygen atoms in total. The lowest BCUT2D eigenvalue weighted by Gasteiger charge is -2.07. The first-order chi connectivity index (χ1) is 8.99. The first-order valence-corrected chi connectivity index (χ1v) is 7.46. The lowest BCUT2D eigenvalue weighted by Crippen LogP contribution is -1.98. The number of sulfone groups is 1. The van der Waals surface area contributed by atoms with Crippen LogP contribution in [0.2, 0.25) is 0 Å². The van der Waals surface area contributed by atoms with Crippen molar-refractivity contribution in [3.05, 3.63) is 42.5 Å². The maximum atomic E-state index is 11.3. The van der Waals surface area contributed by atoms with Crippen LogP contribution in [0.5, 0.6) is 5.88 Å². The van der Waals surface area contributed by atoms with Gasteiger partial charge in [0, 0.05) is 18.0 Å². The zero-order chi connectivity index (χ0) is 13.9. The Morgan fingerprint density at radius 2 is 1.79 bits per heavy atom. The van der Waals surface area contributed by atoms with Gasteiger partial charge in [0.25, 0.3) is 0 Å². The Labute approximate surface area is 112 Å². The van der Waals surface area contributed by atoms with Gasteiger partial charge in [-0.3, -0.25) is 0 Å². The molecule has 0 unspecified atom stereocenters. The fourth-order valence-electron chi connectivity index (χ4n) is 1.53. The topological polar surface area (TPSA) is 68.3 Å². The maximum absolute atomic E-state index is 11.3. The van der Waals surface area contributed by atoms with Crippen molar-refractivity contribution in [2.24, 2.45) is 0 Å². The molecular weight excluding hydrogens is 264 g/mol. The van der Waals surface area contributed by atoms with E-state index >= 15 is 0 Å². The summed E-state index contributed by atoms with van der Waals surface area (Å²) in [4.78, 5) is 4.49. The summed E-state index contributed by atoms with van der Waals surface area (Å²) in [6.07, 6.45) is 1.18. The van der Waals surface area contributed by atoms with E-state index in [0.717, 1.165) is 5.69 Å². The van der Waals surface area contributed by atoms with Crippen LogP contribution in [0.3, 0.4) is 0 Å². The Bertz CT molecular complexity index is 667.